The van der Waals surface area contributed by atoms with Crippen molar-refractivity contribution in [2.45, 2.75) is 20.4 Å². The molecule has 23 heavy (non-hydrogen) atoms. The van der Waals surface area contributed by atoms with Crippen LogP contribution in [0.1, 0.15) is 17.1 Å². The first-order valence-corrected chi connectivity index (χ1v) is 8.52. The fourth-order valence-corrected chi connectivity index (χ4v) is 3.58. The molecule has 0 saturated heterocycles. The van der Waals surface area contributed by atoms with Crippen LogP contribution in [0.5, 0.6) is 0 Å². The molecule has 0 N–H and O–H groups in total. The van der Waals surface area contributed by atoms with Gasteiger partial charge in [0, 0.05) is 10.9 Å². The maximum Gasteiger partial charge on any atom is 0.123 e. The van der Waals surface area contributed by atoms with Gasteiger partial charge in [-0.15, -0.1) is 11.3 Å². The molecule has 0 fully saturated rings. The van der Waals surface area contributed by atoms with Crippen LogP contribution in [0.4, 0.5) is 0 Å². The molecule has 0 aliphatic heterocycles. The third-order valence-corrected chi connectivity index (χ3v) is 4.96. The van der Waals surface area contributed by atoms with E-state index in [1.165, 1.54) is 11.1 Å². The smallest absolute Gasteiger partial charge is 0.123 e. The lowest BCUT2D eigenvalue weighted by molar-refractivity contribution is 0.770. The van der Waals surface area contributed by atoms with Gasteiger partial charge in [-0.2, -0.15) is 0 Å². The van der Waals surface area contributed by atoms with Crippen molar-refractivity contribution < 1.29 is 0 Å². The molecule has 0 radical (unpaired) electrons. The zero-order valence-corrected chi connectivity index (χ0v) is 14.0. The lowest BCUT2D eigenvalue weighted by Crippen LogP contribution is -2.02. The number of aromatic nitrogens is 3. The predicted octanol–water partition coefficient (Wildman–Crippen LogP) is 4.82. The summed E-state index contributed by atoms with van der Waals surface area (Å²) in [5, 5.41) is 3.21. The molecule has 0 atom stereocenters. The van der Waals surface area contributed by atoms with Crippen molar-refractivity contribution in [3.05, 3.63) is 71.0 Å². The molecule has 0 aliphatic carbocycles. The number of imidazole rings is 1. The van der Waals surface area contributed by atoms with Crippen molar-refractivity contribution >= 4 is 22.4 Å². The molecular formula is C19H17N3S. The molecule has 3 nitrogen and oxygen atoms in total. The third-order valence-electron chi connectivity index (χ3n) is 4.02. The number of hydrogen-bond donors (Lipinski definition) is 0. The molecule has 114 valence electrons. The van der Waals surface area contributed by atoms with E-state index in [1.807, 2.05) is 13.0 Å². The molecule has 4 heteroatoms. The van der Waals surface area contributed by atoms with Gasteiger partial charge in [0.15, 0.2) is 0 Å². The average molecular weight is 319 g/mol. The topological polar surface area (TPSA) is 30.7 Å². The van der Waals surface area contributed by atoms with Crippen molar-refractivity contribution in [3.8, 4) is 10.6 Å². The van der Waals surface area contributed by atoms with Crippen LogP contribution in [-0.2, 0) is 6.54 Å². The van der Waals surface area contributed by atoms with E-state index < -0.39 is 0 Å². The molecule has 2 heterocycles. The summed E-state index contributed by atoms with van der Waals surface area (Å²) < 4.78 is 2.23. The maximum absolute atomic E-state index is 4.80. The van der Waals surface area contributed by atoms with Crippen LogP contribution in [0.3, 0.4) is 0 Å². The minimum Gasteiger partial charge on any atom is -0.322 e. The highest BCUT2D eigenvalue weighted by molar-refractivity contribution is 7.13. The summed E-state index contributed by atoms with van der Waals surface area (Å²) in [6.45, 7) is 4.91. The Balaban J connectivity index is 1.67. The van der Waals surface area contributed by atoms with E-state index in [0.717, 1.165) is 34.1 Å². The Bertz CT molecular complexity index is 964. The van der Waals surface area contributed by atoms with Crippen molar-refractivity contribution in [2.24, 2.45) is 0 Å². The van der Waals surface area contributed by atoms with Crippen molar-refractivity contribution in [1.29, 1.82) is 0 Å². The van der Waals surface area contributed by atoms with Gasteiger partial charge >= 0.3 is 0 Å². The number of nitrogens with zero attached hydrogens (tertiary/aromatic N) is 3. The average Bonchev–Trinajstić information content (AvgIpc) is 3.14. The molecule has 0 bridgehead atoms. The normalized spacial score (nSPS) is 11.2. The van der Waals surface area contributed by atoms with E-state index in [-0.39, 0.29) is 0 Å². The number of rotatable bonds is 3. The van der Waals surface area contributed by atoms with Crippen LogP contribution in [0.2, 0.25) is 0 Å². The van der Waals surface area contributed by atoms with Gasteiger partial charge in [-0.05, 0) is 26.0 Å². The standard InChI is InChI=1S/C19H17N3S/c1-13-7-9-15(10-8-13)19-21-16(12-23-19)11-22-14(2)20-17-5-3-4-6-18(17)22/h3-10,12H,11H2,1-2H3. The van der Waals surface area contributed by atoms with Crippen LogP contribution in [-0.4, -0.2) is 14.5 Å². The largest absolute Gasteiger partial charge is 0.322 e. The number of aryl methyl sites for hydroxylation is 2. The Morgan fingerprint density at radius 2 is 1.74 bits per heavy atom. The van der Waals surface area contributed by atoms with Gasteiger partial charge < -0.3 is 4.57 Å². The maximum atomic E-state index is 4.80. The van der Waals surface area contributed by atoms with Gasteiger partial charge in [0.05, 0.1) is 23.3 Å². The Labute approximate surface area is 139 Å². The fraction of sp³-hybridized carbons (Fsp3) is 0.158. The highest BCUT2D eigenvalue weighted by atomic mass is 32.1. The van der Waals surface area contributed by atoms with E-state index in [9.17, 15) is 0 Å². The van der Waals surface area contributed by atoms with Gasteiger partial charge in [-0.3, -0.25) is 0 Å². The predicted molar refractivity (Wildman–Crippen MR) is 95.9 cm³/mol. The second-order valence-electron chi connectivity index (χ2n) is 5.74. The molecule has 0 saturated carbocycles. The van der Waals surface area contributed by atoms with Crippen LogP contribution >= 0.6 is 11.3 Å². The molecule has 0 unspecified atom stereocenters. The number of hydrogen-bond acceptors (Lipinski definition) is 3. The zero-order valence-electron chi connectivity index (χ0n) is 13.2. The quantitative estimate of drug-likeness (QED) is 0.542. The Hall–Kier alpha value is -2.46. The molecule has 4 rings (SSSR count). The number of para-hydroxylation sites is 2. The SMILES string of the molecule is Cc1ccc(-c2nc(Cn3c(C)nc4ccccc43)cs2)cc1. The highest BCUT2D eigenvalue weighted by Gasteiger charge is 2.10. The minimum absolute atomic E-state index is 0.759. The molecular weight excluding hydrogens is 302 g/mol. The summed E-state index contributed by atoms with van der Waals surface area (Å²) in [7, 11) is 0. The summed E-state index contributed by atoms with van der Waals surface area (Å²) in [6, 6.07) is 16.8. The minimum atomic E-state index is 0.759. The van der Waals surface area contributed by atoms with Crippen LogP contribution in [0.25, 0.3) is 21.6 Å². The summed E-state index contributed by atoms with van der Waals surface area (Å²) in [6.07, 6.45) is 0. The Morgan fingerprint density at radius 3 is 2.57 bits per heavy atom. The van der Waals surface area contributed by atoms with E-state index in [1.54, 1.807) is 11.3 Å². The van der Waals surface area contributed by atoms with Gasteiger partial charge in [0.1, 0.15) is 10.8 Å². The van der Waals surface area contributed by atoms with Crippen LogP contribution in [0, 0.1) is 13.8 Å². The summed E-state index contributed by atoms with van der Waals surface area (Å²) >= 11 is 1.70. The molecule has 2 aromatic carbocycles. The summed E-state index contributed by atoms with van der Waals surface area (Å²) in [5.41, 5.74) is 5.73. The highest BCUT2D eigenvalue weighted by Crippen LogP contribution is 2.25. The van der Waals surface area contributed by atoms with Crippen LogP contribution in [0.15, 0.2) is 53.9 Å². The van der Waals surface area contributed by atoms with E-state index >= 15 is 0 Å². The first-order chi connectivity index (χ1) is 11.2. The first-order valence-electron chi connectivity index (χ1n) is 7.64. The lowest BCUT2D eigenvalue weighted by atomic mass is 10.2. The summed E-state index contributed by atoms with van der Waals surface area (Å²) in [4.78, 5) is 9.43. The lowest BCUT2D eigenvalue weighted by Gasteiger charge is -2.04. The van der Waals surface area contributed by atoms with Crippen LogP contribution < -0.4 is 0 Å². The molecule has 0 aliphatic rings. The molecule has 0 amide bonds. The first kappa shape index (κ1) is 14.2. The van der Waals surface area contributed by atoms with Gasteiger partial charge in [0.2, 0.25) is 0 Å². The number of fused-ring (bicyclic) bond motifs is 1. The van der Waals surface area contributed by atoms with Gasteiger partial charge in [0.25, 0.3) is 0 Å². The fourth-order valence-electron chi connectivity index (χ4n) is 2.77. The van der Waals surface area contributed by atoms with Crippen molar-refractivity contribution in [2.75, 3.05) is 0 Å². The second kappa shape index (κ2) is 5.63. The van der Waals surface area contributed by atoms with Gasteiger partial charge in [-0.1, -0.05) is 42.0 Å². The van der Waals surface area contributed by atoms with Crippen molar-refractivity contribution in [3.63, 3.8) is 0 Å². The monoisotopic (exact) mass is 319 g/mol. The summed E-state index contributed by atoms with van der Waals surface area (Å²) in [5.74, 6) is 1.02. The zero-order chi connectivity index (χ0) is 15.8. The Kier molecular flexibility index (Phi) is 3.46. The second-order valence-corrected chi connectivity index (χ2v) is 6.60. The molecule has 4 aromatic rings. The number of thiazole rings is 1. The Morgan fingerprint density at radius 1 is 0.957 bits per heavy atom. The molecule has 0 spiro atoms. The molecule has 2 aromatic heterocycles. The number of benzene rings is 2. The van der Waals surface area contributed by atoms with Gasteiger partial charge in [-0.25, -0.2) is 9.97 Å². The van der Waals surface area contributed by atoms with E-state index in [2.05, 4.69) is 64.3 Å². The van der Waals surface area contributed by atoms with E-state index in [4.69, 9.17) is 4.98 Å². The van der Waals surface area contributed by atoms with E-state index in [0.29, 0.717) is 0 Å². The van der Waals surface area contributed by atoms with Crippen molar-refractivity contribution in [1.82, 2.24) is 14.5 Å². The third kappa shape index (κ3) is 2.66.